The van der Waals surface area contributed by atoms with E-state index in [1.54, 1.807) is 109 Å². The van der Waals surface area contributed by atoms with Crippen molar-refractivity contribution in [3.05, 3.63) is 301 Å². The van der Waals surface area contributed by atoms with E-state index in [4.69, 9.17) is 96.1 Å². The Kier molecular flexibility index (Phi) is 31.2. The standard InChI is InChI=1S/C22H28N6O.C22H27N5O2.C16H15N5O.2C16H14N4O2/c1-3-28(4-2)13-12-24-21-15-20(18-10-5-6-11-19(18)26-21)25-17-9-7-8-16(14-17)22(23)27-29;1-3-27(4-2)14-13-24-21-15-20(18-7-5-6-8-19(18)25-21)29-17-11-9-16(10-12-17)22(23)26-28;17-15-9-14(12-6-1-2-7-13(12)20-15)19-11-5-3-4-10(8-11)16(18)21-22;2*17-15-9-14(12-3-1-2-4-13(12)19-15)22-11-7-5-10(6-8-11)16(18)20-21/h5-11,14-15,29H,3-4,12-13H2,1-2H3,(H2,23,27)(H2,24,25,26);5-12,15,28H,3-4,13-14H2,1-2H3,(H2,23,26)(H,24,25);1-9,22H,(H2,18,21)(H3,17,19,20);2*1-9,21H,(H2,17,19)(H2,18,20). The van der Waals surface area contributed by atoms with Crippen LogP contribution < -0.4 is 81.3 Å². The number of aromatic nitrogens is 5. The van der Waals surface area contributed by atoms with Crippen LogP contribution in [-0.4, -0.2) is 142 Å². The van der Waals surface area contributed by atoms with Gasteiger partial charge in [-0.2, -0.15) is 0 Å². The van der Waals surface area contributed by atoms with Gasteiger partial charge in [-0.15, -0.1) is 0 Å². The summed E-state index contributed by atoms with van der Waals surface area (Å²) >= 11 is 0. The van der Waals surface area contributed by atoms with Gasteiger partial charge in [-0.25, -0.2) is 24.9 Å². The number of oxime groups is 5. The van der Waals surface area contributed by atoms with Crippen LogP contribution >= 0.6 is 0 Å². The molecule has 10 aromatic carbocycles. The van der Waals surface area contributed by atoms with Gasteiger partial charge in [0.25, 0.3) is 0 Å². The van der Waals surface area contributed by atoms with Gasteiger partial charge in [0.05, 0.1) is 39.0 Å². The third kappa shape index (κ3) is 24.1. The van der Waals surface area contributed by atoms with Gasteiger partial charge in [0.15, 0.2) is 29.2 Å². The maximum absolute atomic E-state index is 8.93. The van der Waals surface area contributed by atoms with Crippen LogP contribution in [0.3, 0.4) is 0 Å². The highest BCUT2D eigenvalue weighted by atomic mass is 16.5. The summed E-state index contributed by atoms with van der Waals surface area (Å²) in [6.07, 6.45) is 0. The number of amidine groups is 5. The molecule has 0 aliphatic rings. The first-order valence-corrected chi connectivity index (χ1v) is 39.5. The van der Waals surface area contributed by atoms with Crippen LogP contribution in [-0.2, 0) is 0 Å². The molecule has 0 fully saturated rings. The second-order valence-electron chi connectivity index (χ2n) is 27.5. The van der Waals surface area contributed by atoms with Crippen LogP contribution in [0, 0.1) is 0 Å². The van der Waals surface area contributed by atoms with Crippen molar-refractivity contribution in [3.8, 4) is 34.5 Å². The van der Waals surface area contributed by atoms with Crippen molar-refractivity contribution in [3.63, 3.8) is 0 Å². The quantitative estimate of drug-likeness (QED) is 0.00984. The molecule has 15 aromatic rings. The second kappa shape index (κ2) is 43.8. The van der Waals surface area contributed by atoms with Crippen molar-refractivity contribution >= 4 is 136 Å². The van der Waals surface area contributed by atoms with E-state index in [2.05, 4.69) is 99.5 Å². The first-order chi connectivity index (χ1) is 60.3. The van der Waals surface area contributed by atoms with Gasteiger partial charge in [-0.1, -0.05) is 151 Å². The number of para-hydroxylation sites is 5. The highest BCUT2D eigenvalue weighted by molar-refractivity contribution is 6.02. The van der Waals surface area contributed by atoms with E-state index < -0.39 is 0 Å². The predicted octanol–water partition coefficient (Wildman–Crippen LogP) is 15.8. The van der Waals surface area contributed by atoms with E-state index in [9.17, 15) is 0 Å². The number of likely N-dealkylation sites (N-methyl/N-ethyl adjacent to an activating group) is 2. The van der Waals surface area contributed by atoms with Crippen LogP contribution in [0.15, 0.2) is 299 Å². The summed E-state index contributed by atoms with van der Waals surface area (Å²) in [6, 6.07) is 83.5. The van der Waals surface area contributed by atoms with Crippen LogP contribution in [0.5, 0.6) is 34.5 Å². The fourth-order valence-electron chi connectivity index (χ4n) is 12.8. The lowest BCUT2D eigenvalue weighted by molar-refractivity contribution is 0.316. The predicted molar refractivity (Wildman–Crippen MR) is 496 cm³/mol. The SMILES string of the molecule is CCN(CC)CCNc1cc(Nc2cccc(C(N)=NO)c2)c2ccccc2n1.CCN(CC)CCNc1cc(Oc2ccc(C(N)=NO)cc2)c2ccccc2n1.NC(=NO)c1ccc(Oc2cc(N)nc3ccccc23)cc1.NC(=NO)c1ccc(Oc2cc(N)nc3ccccc23)cc1.NC(=NO)c1cccc(Nc2cc(N)nc3ccccc23)c1. The number of fused-ring (bicyclic) bond motifs is 5. The van der Waals surface area contributed by atoms with Crippen LogP contribution in [0.4, 0.5) is 51.8 Å². The maximum Gasteiger partial charge on any atom is 0.170 e. The molecule has 32 heteroatoms. The summed E-state index contributed by atoms with van der Waals surface area (Å²) in [5, 5.41) is 77.0. The topological polar surface area (TPSA) is 518 Å². The molecule has 0 saturated heterocycles. The maximum atomic E-state index is 8.93. The Hall–Kier alpha value is -16.5. The molecule has 0 unspecified atom stereocenters. The molecule has 15 rings (SSSR count). The zero-order valence-electron chi connectivity index (χ0n) is 68.6. The summed E-state index contributed by atoms with van der Waals surface area (Å²) in [4.78, 5) is 27.0. The van der Waals surface area contributed by atoms with E-state index in [0.717, 1.165) is 147 Å². The molecule has 0 atom stereocenters. The van der Waals surface area contributed by atoms with Gasteiger partial charge in [0.1, 0.15) is 63.6 Å². The molecule has 25 N–H and O–H groups in total. The number of hydrogen-bond acceptors (Lipinski definition) is 27. The van der Waals surface area contributed by atoms with Crippen molar-refractivity contribution in [2.75, 3.05) is 90.8 Å². The smallest absolute Gasteiger partial charge is 0.170 e. The average Bonchev–Trinajstić information content (AvgIpc) is 0.830. The zero-order chi connectivity index (χ0) is 87.9. The number of anilines is 9. The Balaban J connectivity index is 0.000000152. The first kappa shape index (κ1) is 88.3. The number of nitrogens with one attached hydrogen (secondary N) is 4. The number of nitrogens with zero attached hydrogens (tertiary/aromatic N) is 12. The third-order valence-electron chi connectivity index (χ3n) is 19.3. The molecule has 634 valence electrons. The van der Waals surface area contributed by atoms with Gasteiger partial charge >= 0.3 is 0 Å². The Morgan fingerprint density at radius 1 is 0.306 bits per heavy atom. The minimum absolute atomic E-state index is 0.0464. The lowest BCUT2D eigenvalue weighted by atomic mass is 10.1. The molecular weight excluding hydrogens is 1570 g/mol. The summed E-state index contributed by atoms with van der Waals surface area (Å²) in [5.41, 5.74) is 56.2. The number of rotatable bonds is 27. The molecule has 0 amide bonds. The monoisotopic (exact) mass is 1670 g/mol. The van der Waals surface area contributed by atoms with Crippen LogP contribution in [0.25, 0.3) is 54.5 Å². The average molecular weight is 1670 g/mol. The Morgan fingerprint density at radius 2 is 0.589 bits per heavy atom. The minimum Gasteiger partial charge on any atom is -0.457 e. The fraction of sp³-hybridized carbons (Fsp3) is 0.130. The van der Waals surface area contributed by atoms with Gasteiger partial charge in [-0.05, 0) is 172 Å². The normalized spacial score (nSPS) is 11.6. The first-order valence-electron chi connectivity index (χ1n) is 39.5. The van der Waals surface area contributed by atoms with Gasteiger partial charge in [0, 0.05) is 123 Å². The Labute approximate surface area is 715 Å². The van der Waals surface area contributed by atoms with E-state index in [1.807, 2.05) is 164 Å². The second-order valence-corrected chi connectivity index (χ2v) is 27.5. The molecular formula is C92H98N24O8. The summed E-state index contributed by atoms with van der Waals surface area (Å²) in [5.74, 6) is 6.97. The number of benzene rings is 10. The minimum atomic E-state index is 0.0464. The summed E-state index contributed by atoms with van der Waals surface area (Å²) < 4.78 is 17.9. The number of ether oxygens (including phenoxy) is 3. The fourth-order valence-corrected chi connectivity index (χ4v) is 12.8. The lowest BCUT2D eigenvalue weighted by Crippen LogP contribution is -2.28. The molecule has 5 aromatic heterocycles. The van der Waals surface area contributed by atoms with E-state index in [1.165, 1.54) is 0 Å². The highest BCUT2D eigenvalue weighted by Crippen LogP contribution is 2.36. The van der Waals surface area contributed by atoms with Gasteiger partial charge in [-0.3, -0.25) is 0 Å². The number of hydrogen-bond donors (Lipinski definition) is 17. The van der Waals surface area contributed by atoms with Crippen LogP contribution in [0.2, 0.25) is 0 Å². The summed E-state index contributed by atoms with van der Waals surface area (Å²) in [6.45, 7) is 16.3. The number of pyridine rings is 5. The van der Waals surface area contributed by atoms with E-state index in [0.29, 0.717) is 74.0 Å². The van der Waals surface area contributed by atoms with Crippen molar-refractivity contribution in [2.24, 2.45) is 54.4 Å². The molecule has 0 saturated carbocycles. The molecule has 32 nitrogen and oxygen atoms in total. The molecule has 0 aliphatic heterocycles. The van der Waals surface area contributed by atoms with Crippen LogP contribution in [0.1, 0.15) is 55.5 Å². The summed E-state index contributed by atoms with van der Waals surface area (Å²) in [7, 11) is 0. The Bertz CT molecular complexity index is 6110. The highest BCUT2D eigenvalue weighted by Gasteiger charge is 2.16. The number of nitrogens with two attached hydrogens (primary N) is 8. The molecule has 124 heavy (non-hydrogen) atoms. The van der Waals surface area contributed by atoms with E-state index >= 15 is 0 Å². The van der Waals surface area contributed by atoms with E-state index in [-0.39, 0.29) is 29.2 Å². The van der Waals surface area contributed by atoms with Gasteiger partial charge in [0.2, 0.25) is 0 Å². The van der Waals surface area contributed by atoms with Crippen molar-refractivity contribution in [1.82, 2.24) is 34.7 Å². The number of nitrogen functional groups attached to an aromatic ring is 3. The Morgan fingerprint density at radius 3 is 0.935 bits per heavy atom. The molecule has 5 heterocycles. The van der Waals surface area contributed by atoms with Gasteiger partial charge < -0.3 is 117 Å². The molecule has 0 radical (unpaired) electrons. The third-order valence-corrected chi connectivity index (χ3v) is 19.3. The lowest BCUT2D eigenvalue weighted by Gasteiger charge is -2.19. The molecule has 0 aliphatic carbocycles. The molecule has 0 spiro atoms. The van der Waals surface area contributed by atoms with Crippen molar-refractivity contribution < 1.29 is 40.2 Å². The van der Waals surface area contributed by atoms with Crippen molar-refractivity contribution in [2.45, 2.75) is 27.7 Å². The largest absolute Gasteiger partial charge is 0.457 e. The molecule has 0 bridgehead atoms. The zero-order valence-corrected chi connectivity index (χ0v) is 68.6. The van der Waals surface area contributed by atoms with Crippen molar-refractivity contribution in [1.29, 1.82) is 0 Å².